The van der Waals surface area contributed by atoms with E-state index in [1.807, 2.05) is 12.1 Å². The molecule has 3 saturated heterocycles. The molecule has 0 unspecified atom stereocenters. The third-order valence-corrected chi connectivity index (χ3v) is 8.46. The lowest BCUT2D eigenvalue weighted by Gasteiger charge is -2.56. The molecule has 1 amide bonds. The van der Waals surface area contributed by atoms with Crippen LogP contribution in [0.5, 0.6) is 5.75 Å². The molecule has 0 aromatic heterocycles. The van der Waals surface area contributed by atoms with E-state index in [0.29, 0.717) is 18.4 Å². The molecule has 0 saturated carbocycles. The van der Waals surface area contributed by atoms with E-state index in [4.69, 9.17) is 4.74 Å². The van der Waals surface area contributed by atoms with E-state index in [1.54, 1.807) is 4.90 Å². The van der Waals surface area contributed by atoms with Gasteiger partial charge in [0.15, 0.2) is 0 Å². The highest BCUT2D eigenvalue weighted by molar-refractivity contribution is 5.68. The Morgan fingerprint density at radius 1 is 1.11 bits per heavy atom. The first-order chi connectivity index (χ1) is 16.7. The number of carboxylic acid groups (broad SMARTS) is 1. The van der Waals surface area contributed by atoms with Gasteiger partial charge in [-0.3, -0.25) is 0 Å². The van der Waals surface area contributed by atoms with E-state index in [2.05, 4.69) is 62.9 Å². The fourth-order valence-electron chi connectivity index (χ4n) is 6.50. The first-order valence-electron chi connectivity index (χ1n) is 13.3. The summed E-state index contributed by atoms with van der Waals surface area (Å²) in [4.78, 5) is 16.8. The molecule has 35 heavy (non-hydrogen) atoms. The van der Waals surface area contributed by atoms with Crippen LogP contribution in [0.15, 0.2) is 42.5 Å². The number of carbonyl (C=O) groups excluding carboxylic acids is 1. The van der Waals surface area contributed by atoms with E-state index >= 15 is 0 Å². The van der Waals surface area contributed by atoms with Gasteiger partial charge in [-0.2, -0.15) is 0 Å². The van der Waals surface area contributed by atoms with Crippen molar-refractivity contribution in [2.45, 2.75) is 65.5 Å². The van der Waals surface area contributed by atoms with Crippen LogP contribution in [-0.4, -0.2) is 48.2 Å². The van der Waals surface area contributed by atoms with Crippen LogP contribution in [0.3, 0.4) is 0 Å². The zero-order valence-corrected chi connectivity index (χ0v) is 21.6. The summed E-state index contributed by atoms with van der Waals surface area (Å²) < 4.78 is 5.84. The molecule has 5 nitrogen and oxygen atoms in total. The second kappa shape index (κ2) is 9.50. The molecule has 3 aliphatic heterocycles. The normalized spacial score (nSPS) is 26.9. The zero-order valence-electron chi connectivity index (χ0n) is 21.6. The van der Waals surface area contributed by atoms with Gasteiger partial charge in [-0.15, -0.1) is 0 Å². The first kappa shape index (κ1) is 24.2. The molecule has 5 heteroatoms. The summed E-state index contributed by atoms with van der Waals surface area (Å²) in [7, 11) is 0. The molecule has 2 aromatic carbocycles. The molecule has 0 N–H and O–H groups in total. The van der Waals surface area contributed by atoms with E-state index in [1.165, 1.54) is 11.1 Å². The molecule has 2 bridgehead atoms. The number of fused-ring (bicyclic) bond motifs is 4. The average Bonchev–Trinajstić information content (AvgIpc) is 2.85. The van der Waals surface area contributed by atoms with Crippen molar-refractivity contribution in [1.29, 1.82) is 0 Å². The topological polar surface area (TPSA) is 55.8 Å². The Bertz CT molecular complexity index is 1050. The lowest BCUT2D eigenvalue weighted by molar-refractivity contribution is -0.277. The largest absolute Gasteiger partial charge is 0.530 e. The second-order valence-corrected chi connectivity index (χ2v) is 11.9. The average molecular weight is 476 g/mol. The van der Waals surface area contributed by atoms with Crippen LogP contribution in [0.2, 0.25) is 0 Å². The predicted octanol–water partition coefficient (Wildman–Crippen LogP) is 5.14. The van der Waals surface area contributed by atoms with E-state index in [0.717, 1.165) is 62.2 Å². The molecule has 1 aliphatic carbocycles. The van der Waals surface area contributed by atoms with Crippen molar-refractivity contribution in [2.75, 3.05) is 26.2 Å². The van der Waals surface area contributed by atoms with Gasteiger partial charge in [0.05, 0.1) is 12.6 Å². The Labute approximate surface area is 210 Å². The Morgan fingerprint density at radius 2 is 1.80 bits per heavy atom. The maximum absolute atomic E-state index is 12.7. The van der Waals surface area contributed by atoms with Crippen molar-refractivity contribution >= 4 is 6.09 Å². The zero-order chi connectivity index (χ0) is 24.7. The van der Waals surface area contributed by atoms with Crippen LogP contribution in [0.25, 0.3) is 11.1 Å². The van der Waals surface area contributed by atoms with E-state index in [9.17, 15) is 9.90 Å². The number of piperidine rings is 3. The van der Waals surface area contributed by atoms with Crippen molar-refractivity contribution < 1.29 is 14.6 Å². The third-order valence-electron chi connectivity index (χ3n) is 8.46. The third kappa shape index (κ3) is 4.80. The van der Waals surface area contributed by atoms with Crippen molar-refractivity contribution in [1.82, 2.24) is 9.80 Å². The van der Waals surface area contributed by atoms with Crippen LogP contribution in [0.4, 0.5) is 4.79 Å². The minimum atomic E-state index is -1.02. The highest BCUT2D eigenvalue weighted by Crippen LogP contribution is 2.50. The Hall–Kier alpha value is -2.53. The van der Waals surface area contributed by atoms with Crippen LogP contribution < -0.4 is 9.84 Å². The predicted molar refractivity (Wildman–Crippen MR) is 137 cm³/mol. The molecule has 3 fully saturated rings. The molecular weight excluding hydrogens is 436 g/mol. The number of carbonyl (C=O) groups is 1. The van der Waals surface area contributed by atoms with Crippen molar-refractivity contribution in [3.05, 3.63) is 53.6 Å². The summed E-state index contributed by atoms with van der Waals surface area (Å²) in [5.41, 5.74) is 4.60. The maximum Gasteiger partial charge on any atom is 0.137 e. The van der Waals surface area contributed by atoms with Crippen LogP contribution in [0.1, 0.15) is 64.1 Å². The maximum atomic E-state index is 12.7. The summed E-state index contributed by atoms with van der Waals surface area (Å²) in [6, 6.07) is 14.7. The quantitative estimate of drug-likeness (QED) is 0.580. The van der Waals surface area contributed by atoms with Gasteiger partial charge in [-0.05, 0) is 90.4 Å². The lowest BCUT2D eigenvalue weighted by atomic mass is 9.68. The first-order valence-corrected chi connectivity index (χ1v) is 13.3. The van der Waals surface area contributed by atoms with Gasteiger partial charge in [0.25, 0.3) is 0 Å². The van der Waals surface area contributed by atoms with Gasteiger partial charge >= 0.3 is 0 Å². The molecule has 2 atom stereocenters. The number of benzene rings is 2. The van der Waals surface area contributed by atoms with Crippen LogP contribution in [-0.2, 0) is 6.42 Å². The molecule has 6 rings (SSSR count). The fourth-order valence-corrected chi connectivity index (χ4v) is 6.50. The Balaban J connectivity index is 1.45. The smallest absolute Gasteiger partial charge is 0.137 e. The minimum absolute atomic E-state index is 0.0239. The fraction of sp³-hybridized carbons (Fsp3) is 0.567. The van der Waals surface area contributed by atoms with Crippen molar-refractivity contribution in [3.8, 4) is 16.9 Å². The number of rotatable bonds is 6. The van der Waals surface area contributed by atoms with Gasteiger partial charge in [-0.25, -0.2) is 0 Å². The number of aryl methyl sites for hydroxylation is 1. The molecular formula is C30H39N2O3-. The van der Waals surface area contributed by atoms with Crippen LogP contribution in [0, 0.1) is 17.3 Å². The van der Waals surface area contributed by atoms with E-state index in [-0.39, 0.29) is 17.5 Å². The molecule has 4 aliphatic rings. The minimum Gasteiger partial charge on any atom is -0.530 e. The summed E-state index contributed by atoms with van der Waals surface area (Å²) in [5.74, 6) is 1.83. The molecule has 2 aromatic rings. The summed E-state index contributed by atoms with van der Waals surface area (Å²) >= 11 is 0. The van der Waals surface area contributed by atoms with Gasteiger partial charge in [-0.1, -0.05) is 58.0 Å². The van der Waals surface area contributed by atoms with Crippen molar-refractivity contribution in [2.24, 2.45) is 17.3 Å². The number of hydrogen-bond donors (Lipinski definition) is 0. The molecule has 0 radical (unpaired) electrons. The molecule has 0 spiro atoms. The van der Waals surface area contributed by atoms with Gasteiger partial charge in [0.2, 0.25) is 0 Å². The Kier molecular flexibility index (Phi) is 6.56. The van der Waals surface area contributed by atoms with Crippen LogP contribution >= 0.6 is 0 Å². The summed E-state index contributed by atoms with van der Waals surface area (Å²) in [6.07, 6.45) is 3.08. The SMILES string of the molecule is CC(C)COc1ccc(-c2ccc3c(c2)CCC(C)(C)[C@H]3N(C(=O)[O-])[C@@H]2CN3CCC2CC3)cc1. The number of nitrogens with zero attached hydrogens (tertiary/aromatic N) is 2. The second-order valence-electron chi connectivity index (χ2n) is 11.9. The van der Waals surface area contributed by atoms with Crippen molar-refractivity contribution in [3.63, 3.8) is 0 Å². The molecule has 3 heterocycles. The van der Waals surface area contributed by atoms with E-state index < -0.39 is 6.09 Å². The number of ether oxygens (including phenoxy) is 1. The summed E-state index contributed by atoms with van der Waals surface area (Å²) in [5, 5.41) is 12.7. The summed E-state index contributed by atoms with van der Waals surface area (Å²) in [6.45, 7) is 12.5. The highest BCUT2D eigenvalue weighted by Gasteiger charge is 2.46. The number of hydrogen-bond acceptors (Lipinski definition) is 4. The van der Waals surface area contributed by atoms with Gasteiger partial charge in [0.1, 0.15) is 11.8 Å². The lowest BCUT2D eigenvalue weighted by Crippen LogP contribution is -2.63. The monoisotopic (exact) mass is 475 g/mol. The number of amides is 1. The molecule has 188 valence electrons. The highest BCUT2D eigenvalue weighted by atomic mass is 16.5. The standard InChI is InChI=1S/C30H40N2O3/c1-20(2)19-35-25-8-5-21(6-9-25)23-7-10-26-24(17-23)11-14-30(3,4)28(26)32(29(33)34)27-18-31-15-12-22(27)13-16-31/h5-10,17,20,22,27-28H,11-16,18-19H2,1-4H3,(H,33,34)/p-1/t27-,28+/m1/s1. The Morgan fingerprint density at radius 3 is 2.40 bits per heavy atom. The van der Waals surface area contributed by atoms with Gasteiger partial charge < -0.3 is 24.4 Å². The van der Waals surface area contributed by atoms with Gasteiger partial charge in [0, 0.05) is 12.6 Å².